The Morgan fingerprint density at radius 3 is 2.80 bits per heavy atom. The number of rotatable bonds is 5. The molecule has 4 heteroatoms. The zero-order valence-electron chi connectivity index (χ0n) is 11.3. The number of carboxylic acids is 1. The topological polar surface area (TPSA) is 62.5 Å². The molecule has 0 aliphatic heterocycles. The van der Waals surface area contributed by atoms with Crippen LogP contribution in [0.25, 0.3) is 0 Å². The maximum Gasteiger partial charge on any atom is 0.337 e. The monoisotopic (exact) mass is 271 g/mol. The van der Waals surface area contributed by atoms with Gasteiger partial charge in [0.05, 0.1) is 12.1 Å². The maximum absolute atomic E-state index is 11.1. The predicted octanol–water partition coefficient (Wildman–Crippen LogP) is 3.71. The van der Waals surface area contributed by atoms with Crippen LogP contribution in [0.4, 0.5) is 5.69 Å². The number of furan rings is 1. The van der Waals surface area contributed by atoms with E-state index in [1.54, 1.807) is 18.2 Å². The molecule has 0 saturated heterocycles. The Morgan fingerprint density at radius 1 is 1.35 bits per heavy atom. The summed E-state index contributed by atoms with van der Waals surface area (Å²) >= 11 is 0. The van der Waals surface area contributed by atoms with E-state index in [9.17, 15) is 4.79 Å². The third-order valence-corrected chi connectivity index (χ3v) is 3.77. The second kappa shape index (κ2) is 5.04. The van der Waals surface area contributed by atoms with Crippen molar-refractivity contribution in [1.29, 1.82) is 0 Å². The third kappa shape index (κ3) is 2.54. The van der Waals surface area contributed by atoms with Crippen LogP contribution in [0.3, 0.4) is 0 Å². The first-order valence-corrected chi connectivity index (χ1v) is 6.80. The number of carbonyl (C=O) groups is 1. The van der Waals surface area contributed by atoms with Gasteiger partial charge in [-0.15, -0.1) is 0 Å². The number of nitrogens with one attached hydrogen (secondary N) is 1. The lowest BCUT2D eigenvalue weighted by atomic mass is 10.2. The highest BCUT2D eigenvalue weighted by Crippen LogP contribution is 2.47. The molecule has 1 saturated carbocycles. The fraction of sp³-hybridized carbons (Fsp3) is 0.312. The van der Waals surface area contributed by atoms with Crippen LogP contribution in [-0.2, 0) is 6.54 Å². The summed E-state index contributed by atoms with van der Waals surface area (Å²) in [6.07, 6.45) is 1.20. The van der Waals surface area contributed by atoms with Gasteiger partial charge >= 0.3 is 5.97 Å². The van der Waals surface area contributed by atoms with Crippen molar-refractivity contribution in [2.24, 2.45) is 5.92 Å². The second-order valence-corrected chi connectivity index (χ2v) is 5.33. The van der Waals surface area contributed by atoms with E-state index in [0.29, 0.717) is 18.2 Å². The molecule has 1 fully saturated rings. The van der Waals surface area contributed by atoms with Crippen LogP contribution in [0, 0.1) is 5.92 Å². The highest BCUT2D eigenvalue weighted by Gasteiger charge is 2.36. The fourth-order valence-electron chi connectivity index (χ4n) is 2.41. The van der Waals surface area contributed by atoms with Crippen LogP contribution < -0.4 is 5.32 Å². The molecule has 1 aromatic carbocycles. The van der Waals surface area contributed by atoms with E-state index in [1.807, 2.05) is 18.2 Å². The predicted molar refractivity (Wildman–Crippen MR) is 76.0 cm³/mol. The molecule has 0 radical (unpaired) electrons. The number of anilines is 1. The number of hydrogen-bond donors (Lipinski definition) is 2. The highest BCUT2D eigenvalue weighted by atomic mass is 16.4. The van der Waals surface area contributed by atoms with Crippen LogP contribution in [-0.4, -0.2) is 11.1 Å². The van der Waals surface area contributed by atoms with E-state index in [4.69, 9.17) is 9.52 Å². The Morgan fingerprint density at radius 2 is 2.10 bits per heavy atom. The summed E-state index contributed by atoms with van der Waals surface area (Å²) in [6.45, 7) is 2.71. The van der Waals surface area contributed by atoms with Gasteiger partial charge in [-0.25, -0.2) is 4.79 Å². The first-order chi connectivity index (χ1) is 9.65. The van der Waals surface area contributed by atoms with Gasteiger partial charge in [-0.3, -0.25) is 0 Å². The van der Waals surface area contributed by atoms with Crippen LogP contribution in [0.2, 0.25) is 0 Å². The Bertz CT molecular complexity index is 632. The first kappa shape index (κ1) is 12.8. The van der Waals surface area contributed by atoms with E-state index >= 15 is 0 Å². The highest BCUT2D eigenvalue weighted by molar-refractivity contribution is 5.94. The number of benzene rings is 1. The molecule has 2 atom stereocenters. The first-order valence-electron chi connectivity index (χ1n) is 6.80. The number of para-hydroxylation sites is 1. The lowest BCUT2D eigenvalue weighted by Crippen LogP contribution is -2.05. The minimum Gasteiger partial charge on any atom is -0.478 e. The van der Waals surface area contributed by atoms with Crippen LogP contribution >= 0.6 is 0 Å². The summed E-state index contributed by atoms with van der Waals surface area (Å²) in [5.74, 6) is 2.23. The summed E-state index contributed by atoms with van der Waals surface area (Å²) in [6, 6.07) is 10.9. The summed E-state index contributed by atoms with van der Waals surface area (Å²) in [7, 11) is 0. The molecule has 20 heavy (non-hydrogen) atoms. The van der Waals surface area contributed by atoms with Gasteiger partial charge in [0, 0.05) is 11.6 Å². The van der Waals surface area contributed by atoms with Crippen LogP contribution in [0.1, 0.15) is 41.1 Å². The van der Waals surface area contributed by atoms with E-state index in [1.165, 1.54) is 6.42 Å². The SMILES string of the molecule is CC1CC1c1ccc(CNc2ccccc2C(=O)O)o1. The van der Waals surface area contributed by atoms with Gasteiger partial charge in [-0.1, -0.05) is 19.1 Å². The average molecular weight is 271 g/mol. The summed E-state index contributed by atoms with van der Waals surface area (Å²) in [4.78, 5) is 11.1. The normalized spacial score (nSPS) is 20.6. The molecular weight excluding hydrogens is 254 g/mol. The summed E-state index contributed by atoms with van der Waals surface area (Å²) < 4.78 is 5.79. The van der Waals surface area contributed by atoms with Gasteiger partial charge in [-0.05, 0) is 36.6 Å². The number of aromatic carboxylic acids is 1. The molecule has 104 valence electrons. The molecule has 0 bridgehead atoms. The zero-order chi connectivity index (χ0) is 14.1. The molecule has 2 N–H and O–H groups in total. The van der Waals surface area contributed by atoms with Crippen molar-refractivity contribution in [2.45, 2.75) is 25.8 Å². The standard InChI is InChI=1S/C16H17NO3/c1-10-8-13(10)15-7-6-11(20-15)9-17-14-5-3-2-4-12(14)16(18)19/h2-7,10,13,17H,8-9H2,1H3,(H,18,19). The van der Waals surface area contributed by atoms with Gasteiger partial charge in [0.1, 0.15) is 11.5 Å². The molecule has 1 aliphatic rings. The molecule has 4 nitrogen and oxygen atoms in total. The Labute approximate surface area is 117 Å². The smallest absolute Gasteiger partial charge is 0.337 e. The number of carboxylic acid groups (broad SMARTS) is 1. The summed E-state index contributed by atoms with van der Waals surface area (Å²) in [5, 5.41) is 12.2. The van der Waals surface area contributed by atoms with E-state index in [-0.39, 0.29) is 5.56 Å². The fourth-order valence-corrected chi connectivity index (χ4v) is 2.41. The van der Waals surface area contributed by atoms with Gasteiger partial charge in [0.25, 0.3) is 0 Å². The quantitative estimate of drug-likeness (QED) is 0.870. The van der Waals surface area contributed by atoms with Crippen molar-refractivity contribution in [2.75, 3.05) is 5.32 Å². The van der Waals surface area contributed by atoms with E-state index in [0.717, 1.165) is 17.4 Å². The van der Waals surface area contributed by atoms with Crippen molar-refractivity contribution in [3.8, 4) is 0 Å². The number of hydrogen-bond acceptors (Lipinski definition) is 3. The Kier molecular flexibility index (Phi) is 3.22. The van der Waals surface area contributed by atoms with Crippen molar-refractivity contribution in [1.82, 2.24) is 0 Å². The lowest BCUT2D eigenvalue weighted by Gasteiger charge is -2.07. The van der Waals surface area contributed by atoms with Crippen molar-refractivity contribution in [3.05, 3.63) is 53.5 Å². The minimum atomic E-state index is -0.931. The second-order valence-electron chi connectivity index (χ2n) is 5.33. The average Bonchev–Trinajstić information content (AvgIpc) is 3.00. The molecule has 1 aromatic heterocycles. The lowest BCUT2D eigenvalue weighted by molar-refractivity contribution is 0.0698. The molecule has 2 unspecified atom stereocenters. The van der Waals surface area contributed by atoms with Gasteiger partial charge < -0.3 is 14.8 Å². The van der Waals surface area contributed by atoms with E-state index < -0.39 is 5.97 Å². The largest absolute Gasteiger partial charge is 0.478 e. The van der Waals surface area contributed by atoms with E-state index in [2.05, 4.69) is 12.2 Å². The minimum absolute atomic E-state index is 0.273. The van der Waals surface area contributed by atoms with Crippen molar-refractivity contribution < 1.29 is 14.3 Å². The third-order valence-electron chi connectivity index (χ3n) is 3.77. The molecular formula is C16H17NO3. The van der Waals surface area contributed by atoms with Crippen LogP contribution in [0.15, 0.2) is 40.8 Å². The van der Waals surface area contributed by atoms with Gasteiger partial charge in [0.2, 0.25) is 0 Å². The molecule has 1 heterocycles. The van der Waals surface area contributed by atoms with Gasteiger partial charge in [0.15, 0.2) is 0 Å². The zero-order valence-corrected chi connectivity index (χ0v) is 11.3. The molecule has 0 amide bonds. The maximum atomic E-state index is 11.1. The van der Waals surface area contributed by atoms with Crippen LogP contribution in [0.5, 0.6) is 0 Å². The molecule has 1 aliphatic carbocycles. The van der Waals surface area contributed by atoms with Crippen molar-refractivity contribution >= 4 is 11.7 Å². The Balaban J connectivity index is 1.67. The molecule has 0 spiro atoms. The van der Waals surface area contributed by atoms with Crippen molar-refractivity contribution in [3.63, 3.8) is 0 Å². The molecule has 2 aromatic rings. The van der Waals surface area contributed by atoms with Gasteiger partial charge in [-0.2, -0.15) is 0 Å². The Hall–Kier alpha value is -2.23. The molecule has 3 rings (SSSR count). The summed E-state index contributed by atoms with van der Waals surface area (Å²) in [5.41, 5.74) is 0.882.